The Kier molecular flexibility index (Phi) is 3.60. The SMILES string of the molecule is CCc1cc(C)n(Cc2ccc(F)cc2)c1C=O. The minimum atomic E-state index is -0.243. The van der Waals surface area contributed by atoms with E-state index in [1.54, 1.807) is 12.1 Å². The molecule has 0 radical (unpaired) electrons. The molecule has 0 bridgehead atoms. The average Bonchev–Trinajstić information content (AvgIpc) is 2.68. The smallest absolute Gasteiger partial charge is 0.166 e. The zero-order valence-corrected chi connectivity index (χ0v) is 10.6. The topological polar surface area (TPSA) is 22.0 Å². The van der Waals surface area contributed by atoms with E-state index < -0.39 is 0 Å². The fraction of sp³-hybridized carbons (Fsp3) is 0.267. The Hall–Kier alpha value is -1.90. The zero-order valence-electron chi connectivity index (χ0n) is 10.6. The van der Waals surface area contributed by atoms with Gasteiger partial charge in [-0.2, -0.15) is 0 Å². The van der Waals surface area contributed by atoms with Crippen LogP contribution >= 0.6 is 0 Å². The fourth-order valence-corrected chi connectivity index (χ4v) is 2.17. The Morgan fingerprint density at radius 2 is 1.94 bits per heavy atom. The van der Waals surface area contributed by atoms with Gasteiger partial charge in [0, 0.05) is 12.2 Å². The average molecular weight is 245 g/mol. The van der Waals surface area contributed by atoms with E-state index in [9.17, 15) is 9.18 Å². The molecule has 2 aromatic rings. The minimum Gasteiger partial charge on any atom is -0.338 e. The summed E-state index contributed by atoms with van der Waals surface area (Å²) in [7, 11) is 0. The zero-order chi connectivity index (χ0) is 13.1. The van der Waals surface area contributed by atoms with E-state index in [4.69, 9.17) is 0 Å². The molecule has 0 aliphatic heterocycles. The van der Waals surface area contributed by atoms with Crippen molar-refractivity contribution in [2.24, 2.45) is 0 Å². The summed E-state index contributed by atoms with van der Waals surface area (Å²) in [4.78, 5) is 11.2. The van der Waals surface area contributed by atoms with E-state index in [0.29, 0.717) is 6.54 Å². The lowest BCUT2D eigenvalue weighted by atomic mass is 10.2. The summed E-state index contributed by atoms with van der Waals surface area (Å²) >= 11 is 0. The van der Waals surface area contributed by atoms with Gasteiger partial charge in [-0.05, 0) is 42.7 Å². The van der Waals surface area contributed by atoms with Crippen LogP contribution in [0.5, 0.6) is 0 Å². The number of halogens is 1. The standard InChI is InChI=1S/C15H16FNO/c1-3-13-8-11(2)17(15(13)10-18)9-12-4-6-14(16)7-5-12/h4-8,10H,3,9H2,1-2H3. The van der Waals surface area contributed by atoms with Crippen LogP contribution in [0.1, 0.15) is 34.2 Å². The van der Waals surface area contributed by atoms with Crippen LogP contribution in [-0.2, 0) is 13.0 Å². The van der Waals surface area contributed by atoms with Crippen molar-refractivity contribution in [1.29, 1.82) is 0 Å². The second-order valence-electron chi connectivity index (χ2n) is 4.38. The summed E-state index contributed by atoms with van der Waals surface area (Å²) in [5.41, 5.74) is 3.82. The van der Waals surface area contributed by atoms with Gasteiger partial charge in [-0.25, -0.2) is 4.39 Å². The van der Waals surface area contributed by atoms with Gasteiger partial charge in [-0.1, -0.05) is 19.1 Å². The molecule has 0 fully saturated rings. The Balaban J connectivity index is 2.36. The van der Waals surface area contributed by atoms with Crippen LogP contribution in [-0.4, -0.2) is 10.9 Å². The first kappa shape index (κ1) is 12.6. The highest BCUT2D eigenvalue weighted by molar-refractivity contribution is 5.75. The molecule has 0 unspecified atom stereocenters. The highest BCUT2D eigenvalue weighted by Crippen LogP contribution is 2.17. The lowest BCUT2D eigenvalue weighted by Gasteiger charge is -2.09. The lowest BCUT2D eigenvalue weighted by molar-refractivity contribution is 0.111. The molecule has 0 N–H and O–H groups in total. The molecule has 0 aliphatic rings. The molecule has 0 atom stereocenters. The van der Waals surface area contributed by atoms with Crippen molar-refractivity contribution in [3.05, 3.63) is 58.7 Å². The number of aldehydes is 1. The van der Waals surface area contributed by atoms with Crippen molar-refractivity contribution in [2.75, 3.05) is 0 Å². The number of nitrogens with zero attached hydrogens (tertiary/aromatic N) is 1. The number of carbonyl (C=O) groups excluding carboxylic acids is 1. The first-order valence-corrected chi connectivity index (χ1v) is 6.04. The van der Waals surface area contributed by atoms with Gasteiger partial charge in [0.05, 0.1) is 5.69 Å². The maximum atomic E-state index is 12.8. The van der Waals surface area contributed by atoms with Crippen LogP contribution in [0.3, 0.4) is 0 Å². The minimum absolute atomic E-state index is 0.243. The van der Waals surface area contributed by atoms with E-state index in [1.165, 1.54) is 12.1 Å². The molecule has 0 spiro atoms. The molecule has 2 nitrogen and oxygen atoms in total. The molecule has 0 saturated carbocycles. The highest BCUT2D eigenvalue weighted by atomic mass is 19.1. The molecule has 0 amide bonds. The van der Waals surface area contributed by atoms with Crippen molar-refractivity contribution in [1.82, 2.24) is 4.57 Å². The van der Waals surface area contributed by atoms with Gasteiger partial charge < -0.3 is 4.57 Å². The first-order chi connectivity index (χ1) is 8.65. The van der Waals surface area contributed by atoms with Gasteiger partial charge in [0.25, 0.3) is 0 Å². The van der Waals surface area contributed by atoms with Crippen molar-refractivity contribution < 1.29 is 9.18 Å². The molecular weight excluding hydrogens is 229 g/mol. The van der Waals surface area contributed by atoms with Crippen molar-refractivity contribution in [2.45, 2.75) is 26.8 Å². The molecule has 1 heterocycles. The summed E-state index contributed by atoms with van der Waals surface area (Å²) in [5, 5.41) is 0. The van der Waals surface area contributed by atoms with E-state index in [0.717, 1.165) is 35.2 Å². The summed E-state index contributed by atoms with van der Waals surface area (Å²) in [6.45, 7) is 4.61. The highest BCUT2D eigenvalue weighted by Gasteiger charge is 2.11. The van der Waals surface area contributed by atoms with Crippen LogP contribution in [0.15, 0.2) is 30.3 Å². The third-order valence-corrected chi connectivity index (χ3v) is 3.18. The van der Waals surface area contributed by atoms with Crippen LogP contribution in [0.4, 0.5) is 4.39 Å². The van der Waals surface area contributed by atoms with Gasteiger partial charge in [0.2, 0.25) is 0 Å². The first-order valence-electron chi connectivity index (χ1n) is 6.04. The van der Waals surface area contributed by atoms with Crippen molar-refractivity contribution in [3.63, 3.8) is 0 Å². The monoisotopic (exact) mass is 245 g/mol. The molecule has 1 aromatic carbocycles. The van der Waals surface area contributed by atoms with Crippen LogP contribution in [0.2, 0.25) is 0 Å². The number of hydrogen-bond acceptors (Lipinski definition) is 1. The molecule has 18 heavy (non-hydrogen) atoms. The number of aromatic nitrogens is 1. The van der Waals surface area contributed by atoms with Gasteiger partial charge >= 0.3 is 0 Å². The van der Waals surface area contributed by atoms with Gasteiger partial charge in [-0.15, -0.1) is 0 Å². The number of rotatable bonds is 4. The normalized spacial score (nSPS) is 10.6. The maximum Gasteiger partial charge on any atom is 0.166 e. The van der Waals surface area contributed by atoms with Crippen molar-refractivity contribution in [3.8, 4) is 0 Å². The predicted molar refractivity (Wildman–Crippen MR) is 69.4 cm³/mol. The van der Waals surface area contributed by atoms with Gasteiger partial charge in [-0.3, -0.25) is 4.79 Å². The predicted octanol–water partition coefficient (Wildman–Crippen LogP) is 3.36. The second-order valence-corrected chi connectivity index (χ2v) is 4.38. The van der Waals surface area contributed by atoms with Gasteiger partial charge in [0.1, 0.15) is 5.82 Å². The van der Waals surface area contributed by atoms with E-state index >= 15 is 0 Å². The fourth-order valence-electron chi connectivity index (χ4n) is 2.17. The number of hydrogen-bond donors (Lipinski definition) is 0. The summed E-state index contributed by atoms with van der Waals surface area (Å²) < 4.78 is 14.8. The van der Waals surface area contributed by atoms with Crippen LogP contribution in [0.25, 0.3) is 0 Å². The van der Waals surface area contributed by atoms with Gasteiger partial charge in [0.15, 0.2) is 6.29 Å². The lowest BCUT2D eigenvalue weighted by Crippen LogP contribution is -2.06. The van der Waals surface area contributed by atoms with Crippen LogP contribution < -0.4 is 0 Å². The van der Waals surface area contributed by atoms with E-state index in [2.05, 4.69) is 0 Å². The molecule has 1 aromatic heterocycles. The summed E-state index contributed by atoms with van der Waals surface area (Å²) in [6, 6.07) is 8.40. The Labute approximate surface area is 106 Å². The van der Waals surface area contributed by atoms with E-state index in [-0.39, 0.29) is 5.82 Å². The largest absolute Gasteiger partial charge is 0.338 e. The Bertz CT molecular complexity index is 555. The summed E-state index contributed by atoms with van der Waals surface area (Å²) in [5.74, 6) is -0.243. The summed E-state index contributed by atoms with van der Waals surface area (Å²) in [6.07, 6.45) is 1.74. The third kappa shape index (κ3) is 2.35. The second kappa shape index (κ2) is 5.17. The molecule has 0 aliphatic carbocycles. The number of aryl methyl sites for hydroxylation is 2. The Morgan fingerprint density at radius 1 is 1.28 bits per heavy atom. The molecule has 94 valence electrons. The maximum absolute atomic E-state index is 12.8. The molecule has 2 rings (SSSR count). The number of carbonyl (C=O) groups is 1. The van der Waals surface area contributed by atoms with Crippen LogP contribution in [0, 0.1) is 12.7 Å². The Morgan fingerprint density at radius 3 is 2.50 bits per heavy atom. The third-order valence-electron chi connectivity index (χ3n) is 3.18. The van der Waals surface area contributed by atoms with Crippen molar-refractivity contribution >= 4 is 6.29 Å². The quantitative estimate of drug-likeness (QED) is 0.757. The molecular formula is C15H16FNO. The molecule has 3 heteroatoms. The molecule has 0 saturated heterocycles. The number of benzene rings is 1. The van der Waals surface area contributed by atoms with E-state index in [1.807, 2.05) is 24.5 Å².